The van der Waals surface area contributed by atoms with E-state index in [1.807, 2.05) is 19.9 Å². The van der Waals surface area contributed by atoms with E-state index in [1.165, 1.54) is 23.9 Å². The highest BCUT2D eigenvalue weighted by atomic mass is 32.2. The number of halogens is 1. The van der Waals surface area contributed by atoms with Gasteiger partial charge < -0.3 is 9.52 Å². The van der Waals surface area contributed by atoms with Crippen molar-refractivity contribution in [2.75, 3.05) is 6.61 Å². The molecule has 0 fully saturated rings. The second kappa shape index (κ2) is 7.30. The minimum atomic E-state index is -0.318. The van der Waals surface area contributed by atoms with Gasteiger partial charge in [0, 0.05) is 17.7 Å². The van der Waals surface area contributed by atoms with Crippen LogP contribution in [0.2, 0.25) is 0 Å². The van der Waals surface area contributed by atoms with Crippen LogP contribution in [0.1, 0.15) is 29.0 Å². The number of hydrogen-bond acceptors (Lipinski definition) is 4. The third-order valence-electron chi connectivity index (χ3n) is 2.80. The average Bonchev–Trinajstić information content (AvgIpc) is 2.75. The molecule has 0 unspecified atom stereocenters. The number of nitrogens with zero attached hydrogens (tertiary/aromatic N) is 1. The van der Waals surface area contributed by atoms with Gasteiger partial charge in [-0.2, -0.15) is 0 Å². The van der Waals surface area contributed by atoms with Crippen molar-refractivity contribution in [3.63, 3.8) is 0 Å². The Hall–Kier alpha value is -1.77. The lowest BCUT2D eigenvalue weighted by Gasteiger charge is -2.01. The van der Waals surface area contributed by atoms with Gasteiger partial charge in [-0.1, -0.05) is 23.6 Å². The Balaban J connectivity index is 2.08. The van der Waals surface area contributed by atoms with Gasteiger partial charge in [-0.05, 0) is 37.6 Å². The lowest BCUT2D eigenvalue weighted by atomic mass is 10.1. The van der Waals surface area contributed by atoms with E-state index in [-0.39, 0.29) is 12.4 Å². The lowest BCUT2D eigenvalue weighted by Crippen LogP contribution is -1.87. The molecule has 3 nitrogen and oxygen atoms in total. The maximum absolute atomic E-state index is 13.6. The second-order valence-electron chi connectivity index (χ2n) is 4.53. The molecule has 0 saturated carbocycles. The van der Waals surface area contributed by atoms with Gasteiger partial charge in [0.1, 0.15) is 11.6 Å². The van der Waals surface area contributed by atoms with Gasteiger partial charge in [-0.15, -0.1) is 0 Å². The van der Waals surface area contributed by atoms with Crippen molar-refractivity contribution in [3.05, 3.63) is 46.6 Å². The largest absolute Gasteiger partial charge is 0.437 e. The maximum atomic E-state index is 13.6. The zero-order valence-corrected chi connectivity index (χ0v) is 12.8. The van der Waals surface area contributed by atoms with E-state index in [2.05, 4.69) is 16.8 Å². The van der Waals surface area contributed by atoms with Crippen molar-refractivity contribution in [1.29, 1.82) is 0 Å². The van der Waals surface area contributed by atoms with E-state index in [4.69, 9.17) is 9.52 Å². The molecule has 2 aromatic rings. The van der Waals surface area contributed by atoms with E-state index in [9.17, 15) is 4.39 Å². The number of aromatic nitrogens is 1. The Morgan fingerprint density at radius 1 is 1.33 bits per heavy atom. The number of thioether (sulfide) groups is 1. The van der Waals surface area contributed by atoms with Crippen LogP contribution in [0.4, 0.5) is 4.39 Å². The molecule has 0 radical (unpaired) electrons. The number of benzene rings is 1. The SMILES string of the molecule is Cc1nc(SCc2cc(F)cc(C#CCCO)c2)oc1C. The van der Waals surface area contributed by atoms with Crippen molar-refractivity contribution >= 4 is 11.8 Å². The molecule has 1 heterocycles. The van der Waals surface area contributed by atoms with Crippen molar-refractivity contribution in [3.8, 4) is 11.8 Å². The van der Waals surface area contributed by atoms with Gasteiger partial charge in [0.15, 0.2) is 0 Å². The first-order valence-corrected chi connectivity index (χ1v) is 7.53. The monoisotopic (exact) mass is 305 g/mol. The fourth-order valence-corrected chi connectivity index (χ4v) is 2.52. The van der Waals surface area contributed by atoms with Crippen LogP contribution < -0.4 is 0 Å². The number of aryl methyl sites for hydroxylation is 2. The smallest absolute Gasteiger partial charge is 0.256 e. The molecule has 0 atom stereocenters. The summed E-state index contributed by atoms with van der Waals surface area (Å²) in [5, 5.41) is 9.28. The summed E-state index contributed by atoms with van der Waals surface area (Å²) in [6.07, 6.45) is 0.384. The predicted octanol–water partition coefficient (Wildman–Crippen LogP) is 3.46. The van der Waals surface area contributed by atoms with Crippen molar-refractivity contribution in [2.24, 2.45) is 0 Å². The van der Waals surface area contributed by atoms with E-state index >= 15 is 0 Å². The van der Waals surface area contributed by atoms with E-state index in [1.54, 1.807) is 0 Å². The number of aliphatic hydroxyl groups is 1. The van der Waals surface area contributed by atoms with Crippen LogP contribution in [0.5, 0.6) is 0 Å². The fraction of sp³-hybridized carbons (Fsp3) is 0.312. The summed E-state index contributed by atoms with van der Waals surface area (Å²) in [7, 11) is 0. The molecular weight excluding hydrogens is 289 g/mol. The van der Waals surface area contributed by atoms with E-state index in [0.29, 0.717) is 23.0 Å². The van der Waals surface area contributed by atoms with Crippen molar-refractivity contribution in [1.82, 2.24) is 4.98 Å². The summed E-state index contributed by atoms with van der Waals surface area (Å²) in [5.41, 5.74) is 2.30. The molecule has 1 aromatic carbocycles. The molecule has 0 spiro atoms. The van der Waals surface area contributed by atoms with Crippen LogP contribution in [-0.2, 0) is 5.75 Å². The first-order chi connectivity index (χ1) is 10.1. The van der Waals surface area contributed by atoms with Gasteiger partial charge in [-0.3, -0.25) is 0 Å². The molecule has 0 bridgehead atoms. The predicted molar refractivity (Wildman–Crippen MR) is 80.5 cm³/mol. The molecule has 1 aromatic heterocycles. The summed E-state index contributed by atoms with van der Waals surface area (Å²) in [4.78, 5) is 4.28. The quantitative estimate of drug-likeness (QED) is 0.694. The van der Waals surface area contributed by atoms with Crippen molar-refractivity contribution in [2.45, 2.75) is 31.2 Å². The maximum Gasteiger partial charge on any atom is 0.256 e. The lowest BCUT2D eigenvalue weighted by molar-refractivity contribution is 0.305. The highest BCUT2D eigenvalue weighted by Gasteiger charge is 2.07. The topological polar surface area (TPSA) is 46.3 Å². The van der Waals surface area contributed by atoms with Crippen LogP contribution in [-0.4, -0.2) is 16.7 Å². The molecule has 1 N–H and O–H groups in total. The zero-order chi connectivity index (χ0) is 15.2. The molecule has 0 aliphatic heterocycles. The Labute approximate surface area is 127 Å². The van der Waals surface area contributed by atoms with E-state index < -0.39 is 0 Å². The Morgan fingerprint density at radius 3 is 2.81 bits per heavy atom. The highest BCUT2D eigenvalue weighted by Crippen LogP contribution is 2.24. The molecule has 5 heteroatoms. The van der Waals surface area contributed by atoms with Gasteiger partial charge in [-0.25, -0.2) is 9.37 Å². The van der Waals surface area contributed by atoms with Crippen LogP contribution >= 0.6 is 11.8 Å². The first-order valence-electron chi connectivity index (χ1n) is 6.54. The van der Waals surface area contributed by atoms with Gasteiger partial charge in [0.2, 0.25) is 0 Å². The first kappa shape index (κ1) is 15.6. The third-order valence-corrected chi connectivity index (χ3v) is 3.70. The van der Waals surface area contributed by atoms with Crippen LogP contribution in [0, 0.1) is 31.5 Å². The van der Waals surface area contributed by atoms with Crippen LogP contribution in [0.15, 0.2) is 27.8 Å². The number of oxazole rings is 1. The highest BCUT2D eigenvalue weighted by molar-refractivity contribution is 7.98. The summed E-state index contributed by atoms with van der Waals surface area (Å²) in [5.74, 6) is 6.67. The summed E-state index contributed by atoms with van der Waals surface area (Å²) >= 11 is 1.42. The van der Waals surface area contributed by atoms with Crippen molar-refractivity contribution < 1.29 is 13.9 Å². The molecule has 0 saturated heterocycles. The number of rotatable bonds is 4. The Kier molecular flexibility index (Phi) is 5.43. The standard InChI is InChI=1S/C16H16FNO2S/c1-11-12(2)20-16(18-11)21-10-14-7-13(5-3-4-6-19)8-15(17)9-14/h7-9,19H,4,6,10H2,1-2H3. The molecule has 110 valence electrons. The molecular formula is C16H16FNO2S. The summed E-state index contributed by atoms with van der Waals surface area (Å²) in [6, 6.07) is 4.70. The minimum absolute atomic E-state index is 0.00783. The minimum Gasteiger partial charge on any atom is -0.437 e. The Morgan fingerprint density at radius 2 is 2.14 bits per heavy atom. The average molecular weight is 305 g/mol. The second-order valence-corrected chi connectivity index (χ2v) is 5.46. The fourth-order valence-electron chi connectivity index (χ4n) is 1.68. The number of hydrogen-bond donors (Lipinski definition) is 1. The molecule has 0 amide bonds. The van der Waals surface area contributed by atoms with Gasteiger partial charge in [0.05, 0.1) is 12.3 Å². The third kappa shape index (κ3) is 4.62. The van der Waals surface area contributed by atoms with Crippen LogP contribution in [0.3, 0.4) is 0 Å². The van der Waals surface area contributed by atoms with Gasteiger partial charge >= 0.3 is 0 Å². The zero-order valence-electron chi connectivity index (χ0n) is 11.9. The van der Waals surface area contributed by atoms with E-state index in [0.717, 1.165) is 17.0 Å². The summed E-state index contributed by atoms with van der Waals surface area (Å²) < 4.78 is 19.0. The number of aliphatic hydroxyl groups excluding tert-OH is 1. The molecule has 0 aliphatic rings. The Bertz CT molecular complexity index is 666. The molecule has 2 rings (SSSR count). The van der Waals surface area contributed by atoms with Gasteiger partial charge in [0.25, 0.3) is 5.22 Å². The summed E-state index contributed by atoms with van der Waals surface area (Å²) in [6.45, 7) is 3.76. The normalized spacial score (nSPS) is 10.3. The molecule has 21 heavy (non-hydrogen) atoms. The van der Waals surface area contributed by atoms with Crippen LogP contribution in [0.25, 0.3) is 0 Å². The molecule has 0 aliphatic carbocycles.